The highest BCUT2D eigenvalue weighted by Crippen LogP contribution is 2.26. The van der Waals surface area contributed by atoms with Crippen LogP contribution in [0.25, 0.3) is 0 Å². The number of hydrogen-bond acceptors (Lipinski definition) is 3. The lowest BCUT2D eigenvalue weighted by atomic mass is 10.3. The third-order valence-electron chi connectivity index (χ3n) is 1.25. The highest BCUT2D eigenvalue weighted by Gasteiger charge is 2.25. The van der Waals surface area contributed by atoms with Gasteiger partial charge in [-0.05, 0) is 0 Å². The fourth-order valence-corrected chi connectivity index (χ4v) is 0.696. The third kappa shape index (κ3) is 0.907. The van der Waals surface area contributed by atoms with E-state index in [-0.39, 0.29) is 6.10 Å². The highest BCUT2D eigenvalue weighted by atomic mass is 16.6. The van der Waals surface area contributed by atoms with Crippen molar-refractivity contribution < 1.29 is 4.74 Å². The second kappa shape index (κ2) is 1.77. The minimum atomic E-state index is 0.235. The minimum Gasteiger partial charge on any atom is -0.366 e. The number of nitrogens with zero attached hydrogens (tertiary/aromatic N) is 2. The van der Waals surface area contributed by atoms with E-state index in [4.69, 9.17) is 4.74 Å². The molecule has 0 aromatic carbocycles. The van der Waals surface area contributed by atoms with Gasteiger partial charge in [-0.1, -0.05) is 0 Å². The second-order valence-corrected chi connectivity index (χ2v) is 1.95. The largest absolute Gasteiger partial charge is 0.366 e. The van der Waals surface area contributed by atoms with Crippen LogP contribution in [0.1, 0.15) is 11.8 Å². The van der Waals surface area contributed by atoms with Crippen LogP contribution in [0.5, 0.6) is 0 Å². The molecule has 3 heteroatoms. The van der Waals surface area contributed by atoms with Crippen LogP contribution in [0.4, 0.5) is 0 Å². The first-order chi connectivity index (χ1) is 4.47. The molecule has 1 saturated heterocycles. The Kier molecular flexibility index (Phi) is 0.960. The molecule has 1 aliphatic rings. The molecule has 1 atom stereocenters. The van der Waals surface area contributed by atoms with Gasteiger partial charge in [0.05, 0.1) is 18.5 Å². The molecular weight excluding hydrogens is 116 g/mol. The average molecular weight is 122 g/mol. The van der Waals surface area contributed by atoms with Crippen molar-refractivity contribution in [3.05, 3.63) is 24.3 Å². The molecule has 9 heavy (non-hydrogen) atoms. The summed E-state index contributed by atoms with van der Waals surface area (Å²) in [5.41, 5.74) is 0.942. The Bertz CT molecular complexity index is 195. The molecule has 1 aromatic heterocycles. The van der Waals surface area contributed by atoms with E-state index >= 15 is 0 Å². The monoisotopic (exact) mass is 122 g/mol. The second-order valence-electron chi connectivity index (χ2n) is 1.95. The lowest BCUT2D eigenvalue weighted by Gasteiger charge is -1.88. The first-order valence-corrected chi connectivity index (χ1v) is 2.84. The Balaban J connectivity index is 2.29. The van der Waals surface area contributed by atoms with Crippen LogP contribution in [0.15, 0.2) is 18.6 Å². The van der Waals surface area contributed by atoms with Gasteiger partial charge in [-0.25, -0.2) is 0 Å². The summed E-state index contributed by atoms with van der Waals surface area (Å²) >= 11 is 0. The van der Waals surface area contributed by atoms with Crippen molar-refractivity contribution in [1.82, 2.24) is 9.97 Å². The number of epoxide rings is 1. The first-order valence-electron chi connectivity index (χ1n) is 2.84. The number of rotatable bonds is 1. The average Bonchev–Trinajstić information content (AvgIpc) is 2.71. The fraction of sp³-hybridized carbons (Fsp3) is 0.333. The van der Waals surface area contributed by atoms with E-state index in [9.17, 15) is 0 Å². The third-order valence-corrected chi connectivity index (χ3v) is 1.25. The highest BCUT2D eigenvalue weighted by molar-refractivity contribution is 5.03. The molecule has 0 unspecified atom stereocenters. The van der Waals surface area contributed by atoms with Crippen molar-refractivity contribution in [2.45, 2.75) is 6.10 Å². The molecule has 0 saturated carbocycles. The lowest BCUT2D eigenvalue weighted by molar-refractivity contribution is 0.411. The summed E-state index contributed by atoms with van der Waals surface area (Å²) in [4.78, 5) is 7.96. The topological polar surface area (TPSA) is 38.3 Å². The molecule has 0 radical (unpaired) electrons. The zero-order valence-electron chi connectivity index (χ0n) is 4.82. The molecule has 46 valence electrons. The summed E-state index contributed by atoms with van der Waals surface area (Å²) in [6.07, 6.45) is 5.30. The molecule has 2 rings (SSSR count). The zero-order valence-corrected chi connectivity index (χ0v) is 4.82. The van der Waals surface area contributed by atoms with Crippen LogP contribution in [0, 0.1) is 0 Å². The Labute approximate surface area is 52.7 Å². The van der Waals surface area contributed by atoms with Gasteiger partial charge < -0.3 is 4.74 Å². The number of aromatic nitrogens is 2. The summed E-state index contributed by atoms with van der Waals surface area (Å²) in [5, 5.41) is 0. The molecule has 1 aromatic rings. The SMILES string of the molecule is c1cnc([C@H]2CO2)cn1. The molecule has 1 aliphatic heterocycles. The van der Waals surface area contributed by atoms with E-state index in [2.05, 4.69) is 9.97 Å². The van der Waals surface area contributed by atoms with Crippen LogP contribution >= 0.6 is 0 Å². The molecule has 0 bridgehead atoms. The summed E-state index contributed by atoms with van der Waals surface area (Å²) in [6.45, 7) is 0.804. The quantitative estimate of drug-likeness (QED) is 0.510. The Morgan fingerprint density at radius 2 is 2.44 bits per heavy atom. The van der Waals surface area contributed by atoms with Crippen molar-refractivity contribution >= 4 is 0 Å². The lowest BCUT2D eigenvalue weighted by Crippen LogP contribution is -1.85. The summed E-state index contributed by atoms with van der Waals surface area (Å²) < 4.78 is 4.99. The van der Waals surface area contributed by atoms with Crippen LogP contribution in [0.3, 0.4) is 0 Å². The molecule has 2 heterocycles. The van der Waals surface area contributed by atoms with Crippen molar-refractivity contribution in [1.29, 1.82) is 0 Å². The van der Waals surface area contributed by atoms with Gasteiger partial charge in [0.1, 0.15) is 6.10 Å². The van der Waals surface area contributed by atoms with E-state index in [1.54, 1.807) is 18.6 Å². The van der Waals surface area contributed by atoms with Gasteiger partial charge in [-0.2, -0.15) is 0 Å². The summed E-state index contributed by atoms with van der Waals surface area (Å²) in [6, 6.07) is 0. The fourth-order valence-electron chi connectivity index (χ4n) is 0.696. The van der Waals surface area contributed by atoms with Crippen LogP contribution in [-0.2, 0) is 4.74 Å². The Hall–Kier alpha value is -0.960. The van der Waals surface area contributed by atoms with E-state index < -0.39 is 0 Å². The number of ether oxygens (including phenoxy) is 1. The maximum Gasteiger partial charge on any atom is 0.124 e. The normalized spacial score (nSPS) is 23.8. The maximum atomic E-state index is 4.99. The van der Waals surface area contributed by atoms with E-state index in [0.717, 1.165) is 12.3 Å². The molecule has 1 fully saturated rings. The molecule has 0 spiro atoms. The van der Waals surface area contributed by atoms with Crippen LogP contribution < -0.4 is 0 Å². The smallest absolute Gasteiger partial charge is 0.124 e. The Morgan fingerprint density at radius 3 is 3.00 bits per heavy atom. The minimum absolute atomic E-state index is 0.235. The van der Waals surface area contributed by atoms with Gasteiger partial charge in [-0.15, -0.1) is 0 Å². The van der Waals surface area contributed by atoms with Gasteiger partial charge >= 0.3 is 0 Å². The summed E-state index contributed by atoms with van der Waals surface area (Å²) in [5.74, 6) is 0. The van der Waals surface area contributed by atoms with Crippen LogP contribution in [-0.4, -0.2) is 16.6 Å². The Morgan fingerprint density at radius 1 is 1.56 bits per heavy atom. The molecular formula is C6H6N2O. The van der Waals surface area contributed by atoms with E-state index in [1.165, 1.54) is 0 Å². The van der Waals surface area contributed by atoms with Crippen molar-refractivity contribution in [3.8, 4) is 0 Å². The maximum absolute atomic E-state index is 4.99. The van der Waals surface area contributed by atoms with Crippen molar-refractivity contribution in [3.63, 3.8) is 0 Å². The predicted molar refractivity (Wildman–Crippen MR) is 30.7 cm³/mol. The molecule has 0 aliphatic carbocycles. The van der Waals surface area contributed by atoms with E-state index in [1.807, 2.05) is 0 Å². The van der Waals surface area contributed by atoms with Gasteiger partial charge in [-0.3, -0.25) is 9.97 Å². The van der Waals surface area contributed by atoms with E-state index in [0.29, 0.717) is 0 Å². The molecule has 0 amide bonds. The van der Waals surface area contributed by atoms with Gasteiger partial charge in [0, 0.05) is 12.4 Å². The standard InChI is InChI=1S/C6H6N2O/c1-2-8-5(3-7-1)6-4-9-6/h1-3,6H,4H2/t6-/m1/s1. The van der Waals surface area contributed by atoms with Gasteiger partial charge in [0.15, 0.2) is 0 Å². The van der Waals surface area contributed by atoms with Crippen molar-refractivity contribution in [2.75, 3.05) is 6.61 Å². The van der Waals surface area contributed by atoms with Gasteiger partial charge in [0.2, 0.25) is 0 Å². The number of hydrogen-bond donors (Lipinski definition) is 0. The zero-order chi connectivity index (χ0) is 6.10. The van der Waals surface area contributed by atoms with Crippen molar-refractivity contribution in [2.24, 2.45) is 0 Å². The molecule has 0 N–H and O–H groups in total. The van der Waals surface area contributed by atoms with Gasteiger partial charge in [0.25, 0.3) is 0 Å². The predicted octanol–water partition coefficient (Wildman–Crippen LogP) is 0.548. The summed E-state index contributed by atoms with van der Waals surface area (Å²) in [7, 11) is 0. The first kappa shape index (κ1) is 4.88. The van der Waals surface area contributed by atoms with Crippen LogP contribution in [0.2, 0.25) is 0 Å². The molecule has 3 nitrogen and oxygen atoms in total.